The standard InChI is InChI=1S/C11H9NO3S/c13-16(14)15-11-5-3-9(4-6-11)10-2-1-7-12-8-10/h1-8H,(H,13,14)/p-1. The number of aromatic nitrogens is 1. The zero-order chi connectivity index (χ0) is 11.4. The van der Waals surface area contributed by atoms with E-state index in [4.69, 9.17) is 0 Å². The van der Waals surface area contributed by atoms with Crippen molar-refractivity contribution in [3.05, 3.63) is 48.8 Å². The highest BCUT2D eigenvalue weighted by atomic mass is 32.2. The number of hydrogen-bond acceptors (Lipinski definition) is 4. The summed E-state index contributed by atoms with van der Waals surface area (Å²) in [6.45, 7) is 0. The first-order valence-electron chi connectivity index (χ1n) is 4.54. The largest absolute Gasteiger partial charge is 0.740 e. The van der Waals surface area contributed by atoms with E-state index in [0.29, 0.717) is 5.75 Å². The summed E-state index contributed by atoms with van der Waals surface area (Å²) < 4.78 is 25.1. The van der Waals surface area contributed by atoms with Gasteiger partial charge in [-0.05, 0) is 29.3 Å². The summed E-state index contributed by atoms with van der Waals surface area (Å²) in [5, 5.41) is 0. The van der Waals surface area contributed by atoms with E-state index in [1.165, 1.54) is 0 Å². The van der Waals surface area contributed by atoms with Gasteiger partial charge in [0.15, 0.2) is 0 Å². The second-order valence-corrected chi connectivity index (χ2v) is 3.63. The van der Waals surface area contributed by atoms with Crippen LogP contribution in [0.15, 0.2) is 48.8 Å². The van der Waals surface area contributed by atoms with E-state index in [1.54, 1.807) is 36.7 Å². The summed E-state index contributed by atoms with van der Waals surface area (Å²) in [7, 11) is 0. The van der Waals surface area contributed by atoms with Crippen LogP contribution in [0.5, 0.6) is 5.75 Å². The molecule has 0 saturated carbocycles. The molecule has 5 heteroatoms. The van der Waals surface area contributed by atoms with Gasteiger partial charge >= 0.3 is 0 Å². The summed E-state index contributed by atoms with van der Waals surface area (Å²) in [5.74, 6) is 0.293. The number of rotatable bonds is 3. The third kappa shape index (κ3) is 2.65. The van der Waals surface area contributed by atoms with E-state index >= 15 is 0 Å². The zero-order valence-corrected chi connectivity index (χ0v) is 9.02. The lowest BCUT2D eigenvalue weighted by atomic mass is 10.1. The molecule has 1 unspecified atom stereocenters. The van der Waals surface area contributed by atoms with Crippen molar-refractivity contribution in [3.63, 3.8) is 0 Å². The maximum absolute atomic E-state index is 10.3. The molecule has 1 heterocycles. The Morgan fingerprint density at radius 3 is 2.44 bits per heavy atom. The molecule has 0 N–H and O–H groups in total. The van der Waals surface area contributed by atoms with Crippen LogP contribution in [0.3, 0.4) is 0 Å². The molecule has 1 aromatic carbocycles. The van der Waals surface area contributed by atoms with Gasteiger partial charge < -0.3 is 8.74 Å². The van der Waals surface area contributed by atoms with Crippen LogP contribution in [0.4, 0.5) is 0 Å². The van der Waals surface area contributed by atoms with Gasteiger partial charge in [0, 0.05) is 12.4 Å². The van der Waals surface area contributed by atoms with Gasteiger partial charge in [-0.2, -0.15) is 0 Å². The maximum atomic E-state index is 10.3. The second-order valence-electron chi connectivity index (χ2n) is 3.05. The molecule has 0 aliphatic heterocycles. The maximum Gasteiger partial charge on any atom is 0.139 e. The van der Waals surface area contributed by atoms with E-state index in [-0.39, 0.29) is 0 Å². The summed E-state index contributed by atoms with van der Waals surface area (Å²) in [4.78, 5) is 4.00. The minimum absolute atomic E-state index is 0.293. The molecule has 0 fully saturated rings. The minimum atomic E-state index is -2.53. The van der Waals surface area contributed by atoms with Crippen molar-refractivity contribution in [2.45, 2.75) is 0 Å². The highest BCUT2D eigenvalue weighted by Crippen LogP contribution is 2.21. The Bertz CT molecular complexity index is 484. The molecule has 0 spiro atoms. The van der Waals surface area contributed by atoms with Gasteiger partial charge in [-0.25, -0.2) is 4.21 Å². The molecule has 82 valence electrons. The summed E-state index contributed by atoms with van der Waals surface area (Å²) in [5.41, 5.74) is 1.93. The third-order valence-corrected chi connectivity index (χ3v) is 2.34. The number of benzene rings is 1. The lowest BCUT2D eigenvalue weighted by molar-refractivity contribution is 0.440. The predicted molar refractivity (Wildman–Crippen MR) is 59.2 cm³/mol. The normalized spacial score (nSPS) is 12.1. The van der Waals surface area contributed by atoms with Crippen LogP contribution >= 0.6 is 0 Å². The van der Waals surface area contributed by atoms with E-state index in [0.717, 1.165) is 11.1 Å². The van der Waals surface area contributed by atoms with Crippen LogP contribution in [-0.2, 0) is 11.4 Å². The first-order chi connectivity index (χ1) is 7.75. The summed E-state index contributed by atoms with van der Waals surface area (Å²) in [6, 6.07) is 10.5. The fourth-order valence-electron chi connectivity index (χ4n) is 1.32. The summed E-state index contributed by atoms with van der Waals surface area (Å²) in [6.07, 6.45) is 3.43. The molecule has 2 rings (SSSR count). The quantitative estimate of drug-likeness (QED) is 0.761. The van der Waals surface area contributed by atoms with Crippen molar-refractivity contribution in [3.8, 4) is 16.9 Å². The Labute approximate surface area is 95.4 Å². The Balaban J connectivity index is 2.23. The molecular weight excluding hydrogens is 226 g/mol. The highest BCUT2D eigenvalue weighted by Gasteiger charge is 1.98. The molecule has 16 heavy (non-hydrogen) atoms. The van der Waals surface area contributed by atoms with Gasteiger partial charge in [-0.15, -0.1) is 0 Å². The topological polar surface area (TPSA) is 62.2 Å². The third-order valence-electron chi connectivity index (χ3n) is 2.01. The van der Waals surface area contributed by atoms with Crippen molar-refractivity contribution in [1.82, 2.24) is 4.98 Å². The lowest BCUT2D eigenvalue weighted by Crippen LogP contribution is -1.97. The van der Waals surface area contributed by atoms with Crippen molar-refractivity contribution in [1.29, 1.82) is 0 Å². The molecule has 2 aromatic rings. The molecule has 1 aromatic heterocycles. The van der Waals surface area contributed by atoms with Gasteiger partial charge in [-0.3, -0.25) is 4.98 Å². The van der Waals surface area contributed by atoms with Gasteiger partial charge in [0.05, 0.1) is 0 Å². The monoisotopic (exact) mass is 234 g/mol. The fraction of sp³-hybridized carbons (Fsp3) is 0. The molecule has 0 radical (unpaired) electrons. The Kier molecular flexibility index (Phi) is 3.28. The van der Waals surface area contributed by atoms with Gasteiger partial charge in [-0.1, -0.05) is 18.2 Å². The average molecular weight is 234 g/mol. The van der Waals surface area contributed by atoms with Crippen LogP contribution in [-0.4, -0.2) is 13.7 Å². The first kappa shape index (κ1) is 10.8. The van der Waals surface area contributed by atoms with Gasteiger partial charge in [0.2, 0.25) is 0 Å². The lowest BCUT2D eigenvalue weighted by Gasteiger charge is -2.07. The summed E-state index contributed by atoms with van der Waals surface area (Å²) >= 11 is -2.53. The van der Waals surface area contributed by atoms with Gasteiger partial charge in [0.25, 0.3) is 0 Å². The van der Waals surface area contributed by atoms with Crippen molar-refractivity contribution in [2.24, 2.45) is 0 Å². The average Bonchev–Trinajstić information content (AvgIpc) is 2.30. The first-order valence-corrected chi connectivity index (χ1v) is 5.54. The van der Waals surface area contributed by atoms with Crippen LogP contribution in [0.25, 0.3) is 11.1 Å². The number of nitrogens with zero attached hydrogens (tertiary/aromatic N) is 1. The van der Waals surface area contributed by atoms with Gasteiger partial charge in [0.1, 0.15) is 17.1 Å². The molecular formula is C11H8NO3S-. The van der Waals surface area contributed by atoms with E-state index in [9.17, 15) is 8.76 Å². The smallest absolute Gasteiger partial charge is 0.139 e. The van der Waals surface area contributed by atoms with E-state index < -0.39 is 11.4 Å². The molecule has 0 saturated heterocycles. The highest BCUT2D eigenvalue weighted by molar-refractivity contribution is 7.74. The van der Waals surface area contributed by atoms with E-state index in [2.05, 4.69) is 9.17 Å². The second kappa shape index (κ2) is 4.87. The zero-order valence-electron chi connectivity index (χ0n) is 8.20. The predicted octanol–water partition coefficient (Wildman–Crippen LogP) is 1.92. The molecule has 0 bridgehead atoms. The molecule has 0 aliphatic rings. The Morgan fingerprint density at radius 1 is 1.12 bits per heavy atom. The van der Waals surface area contributed by atoms with Crippen molar-refractivity contribution < 1.29 is 12.9 Å². The minimum Gasteiger partial charge on any atom is -0.740 e. The molecule has 0 amide bonds. The molecule has 0 aliphatic carbocycles. The SMILES string of the molecule is O=S([O-])Oc1ccc(-c2cccnc2)cc1. The molecule has 4 nitrogen and oxygen atoms in total. The van der Waals surface area contributed by atoms with Crippen LogP contribution < -0.4 is 4.18 Å². The van der Waals surface area contributed by atoms with Crippen LogP contribution in [0.2, 0.25) is 0 Å². The van der Waals surface area contributed by atoms with Crippen molar-refractivity contribution >= 4 is 11.4 Å². The Hall–Kier alpha value is -1.72. The number of pyridine rings is 1. The van der Waals surface area contributed by atoms with Crippen LogP contribution in [0.1, 0.15) is 0 Å². The van der Waals surface area contributed by atoms with Crippen molar-refractivity contribution in [2.75, 3.05) is 0 Å². The molecule has 1 atom stereocenters. The number of hydrogen-bond donors (Lipinski definition) is 0. The van der Waals surface area contributed by atoms with Crippen LogP contribution in [0, 0.1) is 0 Å². The Morgan fingerprint density at radius 2 is 1.88 bits per heavy atom. The fourth-order valence-corrected chi connectivity index (χ4v) is 1.58. The van der Waals surface area contributed by atoms with E-state index in [1.807, 2.05) is 12.1 Å².